The monoisotopic (exact) mass is 400 g/mol. The van der Waals surface area contributed by atoms with Gasteiger partial charge in [0.1, 0.15) is 5.69 Å². The molecule has 1 aromatic carbocycles. The van der Waals surface area contributed by atoms with E-state index in [9.17, 15) is 18.0 Å². The van der Waals surface area contributed by atoms with Crippen LogP contribution < -0.4 is 5.32 Å². The van der Waals surface area contributed by atoms with Crippen LogP contribution in [0.2, 0.25) is 0 Å². The van der Waals surface area contributed by atoms with Crippen molar-refractivity contribution in [2.75, 3.05) is 5.32 Å². The zero-order valence-corrected chi connectivity index (χ0v) is 15.1. The summed E-state index contributed by atoms with van der Waals surface area (Å²) in [6, 6.07) is 9.62. The highest BCUT2D eigenvalue weighted by Crippen LogP contribution is 2.29. The molecule has 3 rings (SSSR count). The fourth-order valence-electron chi connectivity index (χ4n) is 2.56. The van der Waals surface area contributed by atoms with Crippen molar-refractivity contribution >= 4 is 23.7 Å². The second-order valence-electron chi connectivity index (χ2n) is 6.12. The van der Waals surface area contributed by atoms with Crippen molar-refractivity contribution in [2.24, 2.45) is 0 Å². The number of halogens is 3. The van der Waals surface area contributed by atoms with Crippen LogP contribution in [0.3, 0.4) is 0 Å². The molecule has 0 amide bonds. The van der Waals surface area contributed by atoms with E-state index < -0.39 is 17.8 Å². The molecule has 2 N–H and O–H groups in total. The summed E-state index contributed by atoms with van der Waals surface area (Å²) in [6.45, 7) is 1.85. The zero-order chi connectivity index (χ0) is 21.0. The molecule has 2 heterocycles. The van der Waals surface area contributed by atoms with Crippen LogP contribution in [0.15, 0.2) is 54.9 Å². The van der Waals surface area contributed by atoms with Crippen molar-refractivity contribution in [1.82, 2.24) is 15.0 Å². The number of nitrogens with one attached hydrogen (secondary N) is 1. The highest BCUT2D eigenvalue weighted by molar-refractivity contribution is 5.85. The minimum absolute atomic E-state index is 0.163. The van der Waals surface area contributed by atoms with Gasteiger partial charge in [-0.3, -0.25) is 4.98 Å². The highest BCUT2D eigenvalue weighted by atomic mass is 19.4. The molecule has 0 saturated heterocycles. The van der Waals surface area contributed by atoms with Crippen LogP contribution in [-0.4, -0.2) is 26.0 Å². The lowest BCUT2D eigenvalue weighted by molar-refractivity contribution is -0.141. The van der Waals surface area contributed by atoms with E-state index in [4.69, 9.17) is 5.11 Å². The van der Waals surface area contributed by atoms with Gasteiger partial charge < -0.3 is 10.4 Å². The Morgan fingerprint density at radius 1 is 1.10 bits per heavy atom. The Kier molecular flexibility index (Phi) is 5.58. The van der Waals surface area contributed by atoms with Crippen LogP contribution in [0.25, 0.3) is 17.2 Å². The van der Waals surface area contributed by atoms with E-state index in [2.05, 4.69) is 20.3 Å². The van der Waals surface area contributed by atoms with Gasteiger partial charge in [-0.15, -0.1) is 0 Å². The molecule has 0 bridgehead atoms. The summed E-state index contributed by atoms with van der Waals surface area (Å²) in [5.41, 5.74) is 2.38. The maximum absolute atomic E-state index is 12.8. The van der Waals surface area contributed by atoms with Gasteiger partial charge in [-0.1, -0.05) is 12.1 Å². The first kappa shape index (κ1) is 20.0. The predicted octanol–water partition coefficient (Wildman–Crippen LogP) is 4.71. The first-order valence-corrected chi connectivity index (χ1v) is 8.37. The maximum atomic E-state index is 12.8. The van der Waals surface area contributed by atoms with Crippen LogP contribution in [0, 0.1) is 6.92 Å². The Labute approximate surface area is 163 Å². The Hall–Kier alpha value is -3.75. The third-order valence-corrected chi connectivity index (χ3v) is 3.80. The number of hydrogen-bond donors (Lipinski definition) is 2. The fourth-order valence-corrected chi connectivity index (χ4v) is 2.56. The number of aromatic nitrogens is 3. The number of carbonyl (C=O) groups is 1. The van der Waals surface area contributed by atoms with Crippen molar-refractivity contribution in [3.8, 4) is 11.1 Å². The Balaban J connectivity index is 1.86. The van der Waals surface area contributed by atoms with E-state index in [1.807, 2.05) is 13.0 Å². The molecule has 3 aromatic rings. The maximum Gasteiger partial charge on any atom is 0.433 e. The second-order valence-corrected chi connectivity index (χ2v) is 6.12. The molecule has 0 aliphatic carbocycles. The van der Waals surface area contributed by atoms with Gasteiger partial charge in [-0.2, -0.15) is 13.2 Å². The highest BCUT2D eigenvalue weighted by Gasteiger charge is 2.32. The summed E-state index contributed by atoms with van der Waals surface area (Å²) in [5, 5.41) is 11.4. The van der Waals surface area contributed by atoms with E-state index in [1.165, 1.54) is 6.08 Å². The molecule has 0 spiro atoms. The third kappa shape index (κ3) is 5.38. The second kappa shape index (κ2) is 8.09. The number of benzene rings is 1. The number of carboxylic acids is 1. The van der Waals surface area contributed by atoms with Crippen molar-refractivity contribution in [1.29, 1.82) is 0 Å². The van der Waals surface area contributed by atoms with Gasteiger partial charge in [0, 0.05) is 29.7 Å². The van der Waals surface area contributed by atoms with E-state index in [1.54, 1.807) is 30.5 Å². The van der Waals surface area contributed by atoms with Gasteiger partial charge >= 0.3 is 12.1 Å². The summed E-state index contributed by atoms with van der Waals surface area (Å²) in [6.07, 6.45) is 0.439. The molecule has 0 radical (unpaired) electrons. The van der Waals surface area contributed by atoms with Crippen molar-refractivity contribution < 1.29 is 23.1 Å². The summed E-state index contributed by atoms with van der Waals surface area (Å²) in [4.78, 5) is 22.1. The van der Waals surface area contributed by atoms with Gasteiger partial charge in [0.2, 0.25) is 5.95 Å². The molecule has 0 aliphatic rings. The molecule has 29 heavy (non-hydrogen) atoms. The van der Waals surface area contributed by atoms with E-state index in [0.717, 1.165) is 35.0 Å². The molecule has 2 aromatic heterocycles. The van der Waals surface area contributed by atoms with Crippen LogP contribution in [0.5, 0.6) is 0 Å². The molecule has 0 aliphatic heterocycles. The van der Waals surface area contributed by atoms with E-state index in [0.29, 0.717) is 11.4 Å². The molecule has 148 valence electrons. The van der Waals surface area contributed by atoms with Gasteiger partial charge in [-0.05, 0) is 48.4 Å². The van der Waals surface area contributed by atoms with Crippen LogP contribution >= 0.6 is 0 Å². The largest absolute Gasteiger partial charge is 0.478 e. The normalized spacial score (nSPS) is 11.6. The molecule has 9 heteroatoms. The summed E-state index contributed by atoms with van der Waals surface area (Å²) < 4.78 is 38.5. The Bertz CT molecular complexity index is 1060. The quantitative estimate of drug-likeness (QED) is 0.603. The molecule has 0 saturated carbocycles. The molecule has 0 unspecified atom stereocenters. The lowest BCUT2D eigenvalue weighted by Gasteiger charge is -2.11. The molecular formula is C20H15F3N4O2. The lowest BCUT2D eigenvalue weighted by Crippen LogP contribution is -2.10. The lowest BCUT2D eigenvalue weighted by atomic mass is 10.0. The van der Waals surface area contributed by atoms with Gasteiger partial charge in [0.05, 0.1) is 5.69 Å². The fraction of sp³-hybridized carbons (Fsp3) is 0.100. The minimum atomic E-state index is -4.56. The average molecular weight is 400 g/mol. The topological polar surface area (TPSA) is 88.0 Å². The molecule has 0 atom stereocenters. The number of anilines is 2. The number of pyridine rings is 1. The number of rotatable bonds is 5. The molecule has 6 nitrogen and oxygen atoms in total. The third-order valence-electron chi connectivity index (χ3n) is 3.80. The van der Waals surface area contributed by atoms with Crippen LogP contribution in [0.1, 0.15) is 17.0 Å². The SMILES string of the molecule is Cc1cc(Nc2nccc(C(F)(F)F)n2)cc(-c2ccc(C=CC(=O)O)nc2)c1. The zero-order valence-electron chi connectivity index (χ0n) is 15.1. The minimum Gasteiger partial charge on any atom is -0.478 e. The number of hydrogen-bond acceptors (Lipinski definition) is 5. The molecular weight excluding hydrogens is 385 g/mol. The molecule has 0 fully saturated rings. The van der Waals surface area contributed by atoms with Gasteiger partial charge in [-0.25, -0.2) is 14.8 Å². The number of nitrogens with zero attached hydrogens (tertiary/aromatic N) is 3. The average Bonchev–Trinajstić information content (AvgIpc) is 2.66. The van der Waals surface area contributed by atoms with Crippen molar-refractivity contribution in [2.45, 2.75) is 13.1 Å². The van der Waals surface area contributed by atoms with E-state index >= 15 is 0 Å². The number of carboxylic acid groups (broad SMARTS) is 1. The van der Waals surface area contributed by atoms with Gasteiger partial charge in [0.25, 0.3) is 0 Å². The van der Waals surface area contributed by atoms with E-state index in [-0.39, 0.29) is 5.95 Å². The number of alkyl halides is 3. The van der Waals surface area contributed by atoms with Crippen LogP contribution in [0.4, 0.5) is 24.8 Å². The first-order valence-electron chi connectivity index (χ1n) is 8.37. The smallest absolute Gasteiger partial charge is 0.433 e. The number of aryl methyl sites for hydroxylation is 1. The Morgan fingerprint density at radius 3 is 2.55 bits per heavy atom. The van der Waals surface area contributed by atoms with Gasteiger partial charge in [0.15, 0.2) is 0 Å². The Morgan fingerprint density at radius 2 is 1.90 bits per heavy atom. The first-order chi connectivity index (χ1) is 13.7. The standard InChI is InChI=1S/C20H15F3N4O2/c1-12-8-14(13-2-3-15(25-11-13)4-5-18(28)29)10-16(9-12)26-19-24-7-6-17(27-19)20(21,22)23/h2-11H,1H3,(H,28,29)(H,24,26,27). The summed E-state index contributed by atoms with van der Waals surface area (Å²) >= 11 is 0. The van der Waals surface area contributed by atoms with Crippen LogP contribution in [-0.2, 0) is 11.0 Å². The predicted molar refractivity (Wildman–Crippen MR) is 101 cm³/mol. The number of aliphatic carboxylic acids is 1. The van der Waals surface area contributed by atoms with Crippen molar-refractivity contribution in [3.63, 3.8) is 0 Å². The summed E-state index contributed by atoms with van der Waals surface area (Å²) in [7, 11) is 0. The van der Waals surface area contributed by atoms with Crippen molar-refractivity contribution in [3.05, 3.63) is 71.8 Å². The summed E-state index contributed by atoms with van der Waals surface area (Å²) in [5.74, 6) is -1.23.